The Morgan fingerprint density at radius 3 is 2.80 bits per heavy atom. The van der Waals surface area contributed by atoms with Gasteiger partial charge in [-0.15, -0.1) is 0 Å². The fourth-order valence-electron chi connectivity index (χ4n) is 1.33. The maximum absolute atomic E-state index is 11.8. The minimum absolute atomic E-state index is 0.151. The summed E-state index contributed by atoms with van der Waals surface area (Å²) in [5.41, 5.74) is 0.367. The Morgan fingerprint density at radius 1 is 1.47 bits per heavy atom. The van der Waals surface area contributed by atoms with E-state index in [1.807, 2.05) is 0 Å². The van der Waals surface area contributed by atoms with Crippen LogP contribution in [0.3, 0.4) is 0 Å². The summed E-state index contributed by atoms with van der Waals surface area (Å²) >= 11 is 11.9. The summed E-state index contributed by atoms with van der Waals surface area (Å²) in [5, 5.41) is 0.574. The third-order valence-corrected chi connectivity index (χ3v) is 4.11. The van der Waals surface area contributed by atoms with Crippen LogP contribution in [0.2, 0.25) is 5.02 Å². The summed E-state index contributed by atoms with van der Waals surface area (Å²) < 4.78 is 26.1. The molecule has 1 unspecified atom stereocenters. The summed E-state index contributed by atoms with van der Waals surface area (Å²) in [6.45, 7) is 0. The number of hydrogen-bond acceptors (Lipinski definition) is 2. The van der Waals surface area contributed by atoms with E-state index < -0.39 is 10.0 Å². The lowest BCUT2D eigenvalue weighted by molar-refractivity contribution is -0.498. The minimum atomic E-state index is -3.44. The van der Waals surface area contributed by atoms with Gasteiger partial charge in [0.05, 0.1) is 20.0 Å². The van der Waals surface area contributed by atoms with Gasteiger partial charge in [0, 0.05) is 0 Å². The van der Waals surface area contributed by atoms with Crippen LogP contribution < -0.4 is 0 Å². The van der Waals surface area contributed by atoms with Gasteiger partial charge in [-0.25, -0.2) is 4.21 Å². The second-order valence-electron chi connectivity index (χ2n) is 3.01. The molecule has 1 atom stereocenters. The Hall–Kier alpha value is -0.620. The van der Waals surface area contributed by atoms with E-state index >= 15 is 0 Å². The van der Waals surface area contributed by atoms with Gasteiger partial charge in [0.1, 0.15) is 0 Å². The first-order valence-electron chi connectivity index (χ1n) is 3.98. The lowest BCUT2D eigenvalue weighted by Gasteiger charge is -2.10. The zero-order chi connectivity index (χ0) is 11.2. The van der Waals surface area contributed by atoms with Crippen molar-refractivity contribution in [2.75, 3.05) is 7.05 Å². The molecule has 0 spiro atoms. The molecule has 0 amide bonds. The molecule has 1 aliphatic rings. The molecule has 0 radical (unpaired) electrons. The van der Waals surface area contributed by atoms with Crippen LogP contribution >= 0.6 is 23.2 Å². The number of rotatable bonds is 0. The zero-order valence-corrected chi connectivity index (χ0v) is 9.97. The Kier molecular flexibility index (Phi) is 2.50. The van der Waals surface area contributed by atoms with E-state index in [-0.39, 0.29) is 10.1 Å². The standard InChI is InChI=1S/C8H6Cl2N2O2S/c1-12-8(10)7-5(9)3-2-4-6(7)15(13,14)11-12/h2-4H,1H3/p+1. The third kappa shape index (κ3) is 1.65. The van der Waals surface area contributed by atoms with Crippen molar-refractivity contribution in [2.45, 2.75) is 4.90 Å². The van der Waals surface area contributed by atoms with Crippen LogP contribution in [0.25, 0.3) is 0 Å². The highest BCUT2D eigenvalue weighted by atomic mass is 35.5. The van der Waals surface area contributed by atoms with E-state index in [1.165, 1.54) is 13.1 Å². The van der Waals surface area contributed by atoms with Crippen molar-refractivity contribution in [1.82, 2.24) is 0 Å². The molecule has 4 nitrogen and oxygen atoms in total. The fourth-order valence-corrected chi connectivity index (χ4v) is 3.27. The Bertz CT molecular complexity index is 588. The average Bonchev–Trinajstić information content (AvgIpc) is 2.14. The molecular weight excluding hydrogens is 259 g/mol. The maximum Gasteiger partial charge on any atom is 0.311 e. The first-order valence-corrected chi connectivity index (χ1v) is 6.21. The zero-order valence-electron chi connectivity index (χ0n) is 7.65. The van der Waals surface area contributed by atoms with Gasteiger partial charge < -0.3 is 0 Å². The van der Waals surface area contributed by atoms with E-state index in [2.05, 4.69) is 4.47 Å². The van der Waals surface area contributed by atoms with Crippen LogP contribution in [-0.2, 0) is 10.0 Å². The van der Waals surface area contributed by atoms with E-state index in [4.69, 9.17) is 23.2 Å². The quantitative estimate of drug-likeness (QED) is 0.732. The summed E-state index contributed by atoms with van der Waals surface area (Å²) in [5.74, 6) is 0. The second-order valence-corrected chi connectivity index (χ2v) is 5.37. The predicted octanol–water partition coefficient (Wildman–Crippen LogP) is 2.20. The van der Waals surface area contributed by atoms with Crippen molar-refractivity contribution in [3.8, 4) is 0 Å². The molecule has 1 N–H and O–H groups in total. The lowest BCUT2D eigenvalue weighted by atomic mass is 10.2. The summed E-state index contributed by atoms with van der Waals surface area (Å²) in [7, 11) is -1.94. The number of fused-ring (bicyclic) bond motifs is 1. The van der Waals surface area contributed by atoms with E-state index in [0.29, 0.717) is 10.6 Å². The lowest BCUT2D eigenvalue weighted by Crippen LogP contribution is -2.20. The van der Waals surface area contributed by atoms with E-state index in [9.17, 15) is 8.76 Å². The third-order valence-electron chi connectivity index (χ3n) is 1.99. The Morgan fingerprint density at radius 2 is 2.13 bits per heavy atom. The number of hydrogen-bond donors (Lipinski definition) is 1. The van der Waals surface area contributed by atoms with Crippen molar-refractivity contribution in [3.05, 3.63) is 28.8 Å². The second kappa shape index (κ2) is 3.45. The molecule has 1 aromatic carbocycles. The van der Waals surface area contributed by atoms with Crippen LogP contribution in [0.15, 0.2) is 27.6 Å². The van der Waals surface area contributed by atoms with Crippen LogP contribution in [0.5, 0.6) is 0 Å². The normalized spacial score (nSPS) is 24.8. The molecule has 1 aliphatic heterocycles. The molecule has 0 bridgehead atoms. The van der Waals surface area contributed by atoms with Crippen LogP contribution in [0.1, 0.15) is 5.56 Å². The van der Waals surface area contributed by atoms with Gasteiger partial charge in [-0.2, -0.15) is 0 Å². The maximum atomic E-state index is 11.8. The molecule has 15 heavy (non-hydrogen) atoms. The molecule has 1 aromatic rings. The van der Waals surface area contributed by atoms with Crippen molar-refractivity contribution in [1.29, 1.82) is 0 Å². The minimum Gasteiger partial charge on any atom is -0.293 e. The first kappa shape index (κ1) is 10.9. The van der Waals surface area contributed by atoms with Crippen LogP contribution in [0.4, 0.5) is 0 Å². The molecule has 1 heterocycles. The smallest absolute Gasteiger partial charge is 0.293 e. The van der Waals surface area contributed by atoms with Gasteiger partial charge in [0.2, 0.25) is 0 Å². The molecule has 7 heteroatoms. The molecule has 0 fully saturated rings. The molecule has 0 saturated carbocycles. The average molecular weight is 266 g/mol. The van der Waals surface area contributed by atoms with Gasteiger partial charge in [-0.05, 0) is 23.7 Å². The highest BCUT2D eigenvalue weighted by molar-refractivity contribution is 7.88. The summed E-state index contributed by atoms with van der Waals surface area (Å²) in [4.78, 5) is 0.151. The van der Waals surface area contributed by atoms with Gasteiger partial charge in [0.15, 0.2) is 7.05 Å². The van der Waals surface area contributed by atoms with Gasteiger partial charge >= 0.3 is 5.17 Å². The molecule has 0 aliphatic carbocycles. The van der Waals surface area contributed by atoms with E-state index in [1.54, 1.807) is 12.1 Å². The molecule has 2 rings (SSSR count). The SMILES string of the molecule is C[N+]1=C(Cl)c2c(Cl)cccc2S(=O)(O)=N1. The molecule has 80 valence electrons. The highest BCUT2D eigenvalue weighted by Gasteiger charge is 2.31. The van der Waals surface area contributed by atoms with Crippen LogP contribution in [0, 0.1) is 0 Å². The van der Waals surface area contributed by atoms with Gasteiger partial charge in [-0.3, -0.25) is 4.55 Å². The van der Waals surface area contributed by atoms with Crippen molar-refractivity contribution in [3.63, 3.8) is 0 Å². The van der Waals surface area contributed by atoms with Crippen LogP contribution in [-0.4, -0.2) is 25.7 Å². The van der Waals surface area contributed by atoms with E-state index in [0.717, 1.165) is 4.68 Å². The predicted molar refractivity (Wildman–Crippen MR) is 59.1 cm³/mol. The number of nitrogens with zero attached hydrogens (tertiary/aromatic N) is 2. The molecule has 0 aromatic heterocycles. The summed E-state index contributed by atoms with van der Waals surface area (Å²) in [6.07, 6.45) is 0. The Balaban J connectivity index is 2.95. The largest absolute Gasteiger partial charge is 0.311 e. The van der Waals surface area contributed by atoms with Crippen molar-refractivity contribution < 1.29 is 13.4 Å². The highest BCUT2D eigenvalue weighted by Crippen LogP contribution is 2.29. The van der Waals surface area contributed by atoms with Gasteiger partial charge in [-0.1, -0.05) is 22.4 Å². The van der Waals surface area contributed by atoms with Gasteiger partial charge in [0.25, 0.3) is 10.0 Å². The van der Waals surface area contributed by atoms with Crippen molar-refractivity contribution >= 4 is 38.4 Å². The first-order chi connectivity index (χ1) is 6.93. The molecule has 0 saturated heterocycles. The number of halogens is 2. The van der Waals surface area contributed by atoms with Crippen molar-refractivity contribution in [2.24, 2.45) is 4.47 Å². The molecular formula is C8H7Cl2N2O2S+. The topological polar surface area (TPSA) is 52.7 Å². The summed E-state index contributed by atoms with van der Waals surface area (Å²) in [6, 6.07) is 4.68. The monoisotopic (exact) mass is 265 g/mol. The Labute approximate surface area is 97.1 Å². The number of benzene rings is 1. The fraction of sp³-hybridized carbons (Fsp3) is 0.125.